The van der Waals surface area contributed by atoms with E-state index in [1.807, 2.05) is 0 Å². The molecular formula is C14H11BrFN3O2. The van der Waals surface area contributed by atoms with Crippen molar-refractivity contribution < 1.29 is 14.4 Å². The summed E-state index contributed by atoms with van der Waals surface area (Å²) in [5.74, 6) is -1.33. The van der Waals surface area contributed by atoms with Crippen LogP contribution in [0.1, 0.15) is 15.9 Å². The van der Waals surface area contributed by atoms with Gasteiger partial charge in [0.25, 0.3) is 5.91 Å². The van der Waals surface area contributed by atoms with Gasteiger partial charge in [-0.25, -0.2) is 4.39 Å². The molecule has 0 aromatic heterocycles. The molecule has 2 aromatic carbocycles. The standard InChI is InChI=1S/C14H11BrFN3O2/c15-10-3-1-2-9(6-10)14(20)18-12-5-4-8(7-11(12)16)13(17)19-21/h1-7,21H,(H2,17,19)(H,18,20). The van der Waals surface area contributed by atoms with Crippen molar-refractivity contribution >= 4 is 33.4 Å². The lowest BCUT2D eigenvalue weighted by molar-refractivity contribution is 0.102. The number of hydrogen-bond donors (Lipinski definition) is 3. The minimum Gasteiger partial charge on any atom is -0.409 e. The summed E-state index contributed by atoms with van der Waals surface area (Å²) in [5, 5.41) is 13.8. The first-order valence-corrected chi connectivity index (χ1v) is 6.65. The maximum atomic E-state index is 13.9. The van der Waals surface area contributed by atoms with Gasteiger partial charge in [0.15, 0.2) is 5.84 Å². The van der Waals surface area contributed by atoms with E-state index in [2.05, 4.69) is 26.4 Å². The molecule has 0 unspecified atom stereocenters. The van der Waals surface area contributed by atoms with E-state index >= 15 is 0 Å². The summed E-state index contributed by atoms with van der Waals surface area (Å²) in [7, 11) is 0. The van der Waals surface area contributed by atoms with Crippen LogP contribution >= 0.6 is 15.9 Å². The molecule has 2 aromatic rings. The van der Waals surface area contributed by atoms with Gasteiger partial charge in [0.05, 0.1) is 5.69 Å². The fourth-order valence-electron chi connectivity index (χ4n) is 1.66. The number of carbonyl (C=O) groups excluding carboxylic acids is 1. The highest BCUT2D eigenvalue weighted by Gasteiger charge is 2.11. The van der Waals surface area contributed by atoms with Gasteiger partial charge in [-0.2, -0.15) is 0 Å². The van der Waals surface area contributed by atoms with Crippen LogP contribution in [0.5, 0.6) is 0 Å². The number of oxime groups is 1. The normalized spacial score (nSPS) is 11.2. The fraction of sp³-hybridized carbons (Fsp3) is 0. The molecule has 1 amide bonds. The molecule has 5 nitrogen and oxygen atoms in total. The van der Waals surface area contributed by atoms with E-state index in [0.29, 0.717) is 5.56 Å². The van der Waals surface area contributed by atoms with Crippen LogP contribution in [0.25, 0.3) is 0 Å². The molecule has 0 atom stereocenters. The number of halogens is 2. The van der Waals surface area contributed by atoms with Crippen molar-refractivity contribution in [3.05, 3.63) is 63.9 Å². The first-order valence-electron chi connectivity index (χ1n) is 5.85. The van der Waals surface area contributed by atoms with Crippen molar-refractivity contribution in [1.82, 2.24) is 0 Å². The fourth-order valence-corrected chi connectivity index (χ4v) is 2.06. The maximum Gasteiger partial charge on any atom is 0.255 e. The van der Waals surface area contributed by atoms with Crippen LogP contribution in [-0.2, 0) is 0 Å². The van der Waals surface area contributed by atoms with Crippen LogP contribution < -0.4 is 11.1 Å². The average Bonchev–Trinajstić information content (AvgIpc) is 2.48. The van der Waals surface area contributed by atoms with Crippen LogP contribution in [-0.4, -0.2) is 17.0 Å². The molecule has 0 radical (unpaired) electrons. The highest BCUT2D eigenvalue weighted by atomic mass is 79.9. The Bertz CT molecular complexity index is 719. The Hall–Kier alpha value is -2.41. The number of nitrogens with two attached hydrogens (primary N) is 1. The number of amidine groups is 1. The number of carbonyl (C=O) groups is 1. The zero-order valence-corrected chi connectivity index (χ0v) is 12.3. The summed E-state index contributed by atoms with van der Waals surface area (Å²) >= 11 is 3.26. The molecule has 0 aliphatic carbocycles. The molecule has 0 saturated carbocycles. The summed E-state index contributed by atoms with van der Waals surface area (Å²) in [4.78, 5) is 12.0. The Morgan fingerprint density at radius 2 is 2.00 bits per heavy atom. The molecule has 108 valence electrons. The van der Waals surface area contributed by atoms with Gasteiger partial charge in [-0.15, -0.1) is 0 Å². The topological polar surface area (TPSA) is 87.7 Å². The molecule has 0 spiro atoms. The first kappa shape index (κ1) is 15.0. The van der Waals surface area contributed by atoms with Gasteiger partial charge < -0.3 is 16.3 Å². The SMILES string of the molecule is N/C(=N/O)c1ccc(NC(=O)c2cccc(Br)c2)c(F)c1. The molecule has 0 aliphatic rings. The summed E-state index contributed by atoms with van der Waals surface area (Å²) in [6.45, 7) is 0. The Kier molecular flexibility index (Phi) is 4.54. The van der Waals surface area contributed by atoms with Gasteiger partial charge >= 0.3 is 0 Å². The monoisotopic (exact) mass is 351 g/mol. The number of nitrogens with zero attached hydrogens (tertiary/aromatic N) is 1. The molecule has 0 heterocycles. The Morgan fingerprint density at radius 3 is 2.62 bits per heavy atom. The Labute approximate surface area is 128 Å². The van der Waals surface area contributed by atoms with Crippen LogP contribution in [0.2, 0.25) is 0 Å². The van der Waals surface area contributed by atoms with Crippen molar-refractivity contribution in [1.29, 1.82) is 0 Å². The predicted molar refractivity (Wildman–Crippen MR) is 81.0 cm³/mol. The molecule has 0 aliphatic heterocycles. The molecule has 0 bridgehead atoms. The first-order chi connectivity index (χ1) is 10.0. The quantitative estimate of drug-likeness (QED) is 0.344. The molecule has 4 N–H and O–H groups in total. The van der Waals surface area contributed by atoms with Crippen LogP contribution in [0.15, 0.2) is 52.1 Å². The number of hydrogen-bond acceptors (Lipinski definition) is 3. The van der Waals surface area contributed by atoms with Gasteiger partial charge in [-0.1, -0.05) is 27.2 Å². The number of amides is 1. The summed E-state index contributed by atoms with van der Waals surface area (Å²) in [6.07, 6.45) is 0. The summed E-state index contributed by atoms with van der Waals surface area (Å²) in [6, 6.07) is 10.6. The average molecular weight is 352 g/mol. The molecular weight excluding hydrogens is 341 g/mol. The van der Waals surface area contributed by atoms with E-state index < -0.39 is 11.7 Å². The lowest BCUT2D eigenvalue weighted by Crippen LogP contribution is -2.15. The van der Waals surface area contributed by atoms with Crippen molar-refractivity contribution in [3.8, 4) is 0 Å². The minimum atomic E-state index is -0.678. The van der Waals surface area contributed by atoms with Crippen molar-refractivity contribution in [3.63, 3.8) is 0 Å². The summed E-state index contributed by atoms with van der Waals surface area (Å²) < 4.78 is 14.6. The minimum absolute atomic E-state index is 0.00876. The highest BCUT2D eigenvalue weighted by molar-refractivity contribution is 9.10. The number of rotatable bonds is 3. The van der Waals surface area contributed by atoms with Gasteiger partial charge in [-0.3, -0.25) is 4.79 Å². The molecule has 7 heteroatoms. The third kappa shape index (κ3) is 3.57. The third-order valence-electron chi connectivity index (χ3n) is 2.71. The lowest BCUT2D eigenvalue weighted by atomic mass is 10.1. The number of anilines is 1. The summed E-state index contributed by atoms with van der Waals surface area (Å²) in [5.41, 5.74) is 5.98. The van der Waals surface area contributed by atoms with E-state index in [-0.39, 0.29) is 17.1 Å². The predicted octanol–water partition coefficient (Wildman–Crippen LogP) is 2.94. The molecule has 0 saturated heterocycles. The zero-order chi connectivity index (χ0) is 15.4. The van der Waals surface area contributed by atoms with E-state index in [0.717, 1.165) is 10.5 Å². The maximum absolute atomic E-state index is 13.9. The molecule has 2 rings (SSSR count). The zero-order valence-electron chi connectivity index (χ0n) is 10.7. The third-order valence-corrected chi connectivity index (χ3v) is 3.20. The Balaban J connectivity index is 2.22. The van der Waals surface area contributed by atoms with Crippen LogP contribution in [0.3, 0.4) is 0 Å². The van der Waals surface area contributed by atoms with Crippen molar-refractivity contribution in [2.24, 2.45) is 10.9 Å². The second kappa shape index (κ2) is 6.36. The van der Waals surface area contributed by atoms with Gasteiger partial charge in [0, 0.05) is 15.6 Å². The molecule has 21 heavy (non-hydrogen) atoms. The van der Waals surface area contributed by atoms with Crippen LogP contribution in [0.4, 0.5) is 10.1 Å². The number of benzene rings is 2. The lowest BCUT2D eigenvalue weighted by Gasteiger charge is -2.08. The van der Waals surface area contributed by atoms with Gasteiger partial charge in [0.1, 0.15) is 5.82 Å². The second-order valence-electron chi connectivity index (χ2n) is 4.14. The smallest absolute Gasteiger partial charge is 0.255 e. The van der Waals surface area contributed by atoms with E-state index in [1.165, 1.54) is 12.1 Å². The van der Waals surface area contributed by atoms with Crippen molar-refractivity contribution in [2.45, 2.75) is 0 Å². The Morgan fingerprint density at radius 1 is 1.24 bits per heavy atom. The van der Waals surface area contributed by atoms with E-state index in [4.69, 9.17) is 10.9 Å². The van der Waals surface area contributed by atoms with Crippen molar-refractivity contribution in [2.75, 3.05) is 5.32 Å². The second-order valence-corrected chi connectivity index (χ2v) is 5.06. The highest BCUT2D eigenvalue weighted by Crippen LogP contribution is 2.18. The largest absolute Gasteiger partial charge is 0.409 e. The van der Waals surface area contributed by atoms with E-state index in [1.54, 1.807) is 24.3 Å². The van der Waals surface area contributed by atoms with Crippen LogP contribution in [0, 0.1) is 5.82 Å². The molecule has 0 fully saturated rings. The van der Waals surface area contributed by atoms with Gasteiger partial charge in [-0.05, 0) is 36.4 Å². The van der Waals surface area contributed by atoms with Gasteiger partial charge in [0.2, 0.25) is 0 Å². The van der Waals surface area contributed by atoms with E-state index in [9.17, 15) is 9.18 Å². The number of nitrogens with one attached hydrogen (secondary N) is 1.